The van der Waals surface area contributed by atoms with Crippen LogP contribution in [0, 0.1) is 0 Å². The molecular formula is C12H10N2O2. The number of aromatic carboxylic acids is 1. The number of carboxylic acids is 1. The maximum atomic E-state index is 11.0. The molecule has 0 amide bonds. The summed E-state index contributed by atoms with van der Waals surface area (Å²) < 4.78 is 0. The average molecular weight is 214 g/mol. The zero-order valence-corrected chi connectivity index (χ0v) is 8.42. The summed E-state index contributed by atoms with van der Waals surface area (Å²) in [7, 11) is 0. The van der Waals surface area contributed by atoms with Gasteiger partial charge in [0.15, 0.2) is 0 Å². The van der Waals surface area contributed by atoms with Crippen LogP contribution in [0.1, 0.15) is 15.9 Å². The van der Waals surface area contributed by atoms with Crippen molar-refractivity contribution in [2.45, 2.75) is 0 Å². The minimum Gasteiger partial charge on any atom is -0.478 e. The van der Waals surface area contributed by atoms with Crippen LogP contribution in [0.2, 0.25) is 0 Å². The monoisotopic (exact) mass is 214 g/mol. The number of benzene rings is 1. The Balaban J connectivity index is 2.47. The Morgan fingerprint density at radius 3 is 2.94 bits per heavy atom. The zero-order valence-electron chi connectivity index (χ0n) is 8.42. The molecule has 0 fully saturated rings. The predicted octanol–water partition coefficient (Wildman–Crippen LogP) is 1.87. The first kappa shape index (κ1) is 10.2. The average Bonchev–Trinajstić information content (AvgIpc) is 2.57. The fourth-order valence-electron chi connectivity index (χ4n) is 1.44. The molecule has 1 heterocycles. The molecular weight excluding hydrogens is 204 g/mol. The van der Waals surface area contributed by atoms with Crippen molar-refractivity contribution < 1.29 is 9.90 Å². The van der Waals surface area contributed by atoms with Gasteiger partial charge in [0.05, 0.1) is 17.5 Å². The molecule has 0 saturated carbocycles. The lowest BCUT2D eigenvalue weighted by atomic mass is 10.1. The molecule has 0 aromatic heterocycles. The molecule has 2 rings (SSSR count). The molecule has 0 saturated heterocycles. The summed E-state index contributed by atoms with van der Waals surface area (Å²) in [5.41, 5.74) is 1.55. The summed E-state index contributed by atoms with van der Waals surface area (Å²) >= 11 is 0. The van der Waals surface area contributed by atoms with E-state index in [1.807, 2.05) is 0 Å². The fourth-order valence-corrected chi connectivity index (χ4v) is 1.44. The minimum atomic E-state index is -0.949. The standard InChI is InChI=1S/C12H10N2O2/c15-12(16)10-5-2-1-4-9(10)11-8-13-6-3-7-14-11/h1-8,14H,(H,15,16). The van der Waals surface area contributed by atoms with E-state index in [2.05, 4.69) is 10.3 Å². The van der Waals surface area contributed by atoms with Gasteiger partial charge in [-0.15, -0.1) is 0 Å². The second kappa shape index (κ2) is 4.44. The Labute approximate surface area is 92.6 Å². The van der Waals surface area contributed by atoms with E-state index < -0.39 is 5.97 Å². The van der Waals surface area contributed by atoms with Crippen molar-refractivity contribution in [3.05, 3.63) is 53.9 Å². The van der Waals surface area contributed by atoms with Gasteiger partial charge >= 0.3 is 5.97 Å². The van der Waals surface area contributed by atoms with Crippen molar-refractivity contribution in [1.82, 2.24) is 5.32 Å². The van der Waals surface area contributed by atoms with E-state index in [-0.39, 0.29) is 5.56 Å². The van der Waals surface area contributed by atoms with E-state index >= 15 is 0 Å². The Bertz CT molecular complexity index is 501. The Kier molecular flexibility index (Phi) is 2.82. The van der Waals surface area contributed by atoms with Gasteiger partial charge in [0.2, 0.25) is 0 Å². The highest BCUT2D eigenvalue weighted by Gasteiger charge is 2.12. The molecule has 0 unspecified atom stereocenters. The fraction of sp³-hybridized carbons (Fsp3) is 0. The molecule has 1 aromatic rings. The van der Waals surface area contributed by atoms with Gasteiger partial charge in [-0.1, -0.05) is 18.2 Å². The molecule has 0 aliphatic carbocycles. The molecule has 1 aliphatic rings. The number of rotatable bonds is 2. The van der Waals surface area contributed by atoms with Gasteiger partial charge in [-0.3, -0.25) is 4.99 Å². The number of nitrogens with zero attached hydrogens (tertiary/aromatic N) is 1. The molecule has 0 spiro atoms. The van der Waals surface area contributed by atoms with Gasteiger partial charge in [-0.05, 0) is 12.1 Å². The van der Waals surface area contributed by atoms with Crippen LogP contribution in [0.4, 0.5) is 0 Å². The second-order valence-corrected chi connectivity index (χ2v) is 3.20. The highest BCUT2D eigenvalue weighted by atomic mass is 16.4. The maximum absolute atomic E-state index is 11.0. The third-order valence-electron chi connectivity index (χ3n) is 2.16. The van der Waals surface area contributed by atoms with Crippen molar-refractivity contribution >= 4 is 17.9 Å². The smallest absolute Gasteiger partial charge is 0.336 e. The first-order valence-corrected chi connectivity index (χ1v) is 4.77. The van der Waals surface area contributed by atoms with Crippen molar-refractivity contribution in [3.63, 3.8) is 0 Å². The lowest BCUT2D eigenvalue weighted by Crippen LogP contribution is -2.08. The molecule has 0 radical (unpaired) electrons. The number of nitrogens with one attached hydrogen (secondary N) is 1. The Hall–Kier alpha value is -2.36. The number of carbonyl (C=O) groups is 1. The van der Waals surface area contributed by atoms with Crippen molar-refractivity contribution in [2.24, 2.45) is 4.99 Å². The lowest BCUT2D eigenvalue weighted by molar-refractivity contribution is 0.0696. The van der Waals surface area contributed by atoms with Gasteiger partial charge in [0, 0.05) is 18.0 Å². The topological polar surface area (TPSA) is 61.7 Å². The van der Waals surface area contributed by atoms with Gasteiger partial charge in [0.1, 0.15) is 0 Å². The van der Waals surface area contributed by atoms with E-state index in [1.54, 1.807) is 49.0 Å². The second-order valence-electron chi connectivity index (χ2n) is 3.20. The van der Waals surface area contributed by atoms with Crippen LogP contribution in [-0.2, 0) is 0 Å². The van der Waals surface area contributed by atoms with Gasteiger partial charge in [-0.25, -0.2) is 4.79 Å². The highest BCUT2D eigenvalue weighted by molar-refractivity contribution is 5.94. The largest absolute Gasteiger partial charge is 0.478 e. The van der Waals surface area contributed by atoms with Gasteiger partial charge in [-0.2, -0.15) is 0 Å². The summed E-state index contributed by atoms with van der Waals surface area (Å²) in [6, 6.07) is 6.81. The summed E-state index contributed by atoms with van der Waals surface area (Å²) in [5.74, 6) is -0.949. The first-order chi connectivity index (χ1) is 7.79. The number of aliphatic imine (C=N–C) groups is 1. The summed E-state index contributed by atoms with van der Waals surface area (Å²) in [5, 5.41) is 12.0. The highest BCUT2D eigenvalue weighted by Crippen LogP contribution is 2.17. The number of carboxylic acid groups (broad SMARTS) is 1. The van der Waals surface area contributed by atoms with E-state index in [0.29, 0.717) is 11.3 Å². The van der Waals surface area contributed by atoms with E-state index in [9.17, 15) is 4.79 Å². The molecule has 1 aliphatic heterocycles. The zero-order chi connectivity index (χ0) is 11.4. The molecule has 0 bridgehead atoms. The van der Waals surface area contributed by atoms with Crippen molar-refractivity contribution in [2.75, 3.05) is 0 Å². The normalized spacial score (nSPS) is 13.9. The van der Waals surface area contributed by atoms with Crippen LogP contribution in [0.15, 0.2) is 47.7 Å². The van der Waals surface area contributed by atoms with E-state index in [4.69, 9.17) is 5.11 Å². The van der Waals surface area contributed by atoms with Crippen LogP contribution >= 0.6 is 0 Å². The molecule has 4 nitrogen and oxygen atoms in total. The van der Waals surface area contributed by atoms with Crippen molar-refractivity contribution in [3.8, 4) is 0 Å². The quantitative estimate of drug-likeness (QED) is 0.790. The maximum Gasteiger partial charge on any atom is 0.336 e. The molecule has 1 aromatic carbocycles. The molecule has 4 heteroatoms. The predicted molar refractivity (Wildman–Crippen MR) is 62.1 cm³/mol. The van der Waals surface area contributed by atoms with E-state index in [1.165, 1.54) is 0 Å². The number of hydrogen-bond acceptors (Lipinski definition) is 3. The third-order valence-corrected chi connectivity index (χ3v) is 2.16. The van der Waals surface area contributed by atoms with Gasteiger partial charge in [0.25, 0.3) is 0 Å². The first-order valence-electron chi connectivity index (χ1n) is 4.77. The van der Waals surface area contributed by atoms with Gasteiger partial charge < -0.3 is 10.4 Å². The molecule has 2 N–H and O–H groups in total. The van der Waals surface area contributed by atoms with Crippen LogP contribution in [0.25, 0.3) is 5.70 Å². The SMILES string of the molecule is O=C(O)c1ccccc1C1=CN=CC=CN1. The molecule has 0 atom stereocenters. The Morgan fingerprint density at radius 1 is 1.31 bits per heavy atom. The van der Waals surface area contributed by atoms with E-state index in [0.717, 1.165) is 0 Å². The Morgan fingerprint density at radius 2 is 2.12 bits per heavy atom. The van der Waals surface area contributed by atoms with Crippen molar-refractivity contribution in [1.29, 1.82) is 0 Å². The summed E-state index contributed by atoms with van der Waals surface area (Å²) in [6.07, 6.45) is 6.68. The number of hydrogen-bond donors (Lipinski definition) is 2. The van der Waals surface area contributed by atoms with Crippen LogP contribution in [0.5, 0.6) is 0 Å². The van der Waals surface area contributed by atoms with Crippen LogP contribution in [-0.4, -0.2) is 17.3 Å². The molecule has 80 valence electrons. The number of allylic oxidation sites excluding steroid dienone is 1. The molecule has 16 heavy (non-hydrogen) atoms. The lowest BCUT2D eigenvalue weighted by Gasteiger charge is -2.08. The third kappa shape index (κ3) is 2.00. The summed E-state index contributed by atoms with van der Waals surface area (Å²) in [6.45, 7) is 0. The summed E-state index contributed by atoms with van der Waals surface area (Å²) in [4.78, 5) is 15.0. The van der Waals surface area contributed by atoms with Crippen LogP contribution < -0.4 is 5.32 Å². The van der Waals surface area contributed by atoms with Crippen LogP contribution in [0.3, 0.4) is 0 Å². The minimum absolute atomic E-state index is 0.256.